The van der Waals surface area contributed by atoms with Crippen molar-refractivity contribution in [1.82, 2.24) is 0 Å². The molecule has 2 heteroatoms. The Labute approximate surface area is 152 Å². The van der Waals surface area contributed by atoms with E-state index in [1.54, 1.807) is 0 Å². The highest BCUT2D eigenvalue weighted by atomic mass is 16.5. The molecule has 0 radical (unpaired) electrons. The smallest absolute Gasteiger partial charge is 0.305 e. The lowest BCUT2D eigenvalue weighted by Crippen LogP contribution is -2.05. The number of hydrogen-bond acceptors (Lipinski definition) is 2. The van der Waals surface area contributed by atoms with Crippen molar-refractivity contribution in [2.45, 2.75) is 124 Å². The fraction of sp³-hybridized carbons (Fsp3) is 0.955. The van der Waals surface area contributed by atoms with Crippen LogP contribution in [0.1, 0.15) is 124 Å². The highest BCUT2D eigenvalue weighted by Crippen LogP contribution is 2.22. The van der Waals surface area contributed by atoms with Gasteiger partial charge >= 0.3 is 5.97 Å². The molecule has 0 atom stereocenters. The van der Waals surface area contributed by atoms with E-state index in [2.05, 4.69) is 27.7 Å². The van der Waals surface area contributed by atoms with Gasteiger partial charge in [0.15, 0.2) is 0 Å². The molecule has 0 spiro atoms. The van der Waals surface area contributed by atoms with E-state index in [0.717, 1.165) is 12.8 Å². The van der Waals surface area contributed by atoms with Gasteiger partial charge in [-0.2, -0.15) is 0 Å². The molecule has 0 aromatic rings. The molecule has 0 aliphatic rings. The highest BCUT2D eigenvalue weighted by Gasteiger charge is 2.08. The third-order valence-corrected chi connectivity index (χ3v) is 4.57. The largest absolute Gasteiger partial charge is 0.466 e. The van der Waals surface area contributed by atoms with Gasteiger partial charge in [0.25, 0.3) is 0 Å². The van der Waals surface area contributed by atoms with Gasteiger partial charge in [-0.15, -0.1) is 0 Å². The van der Waals surface area contributed by atoms with Crippen molar-refractivity contribution >= 4 is 5.97 Å². The van der Waals surface area contributed by atoms with Gasteiger partial charge in [0.05, 0.1) is 6.61 Å². The minimum Gasteiger partial charge on any atom is -0.466 e. The van der Waals surface area contributed by atoms with E-state index >= 15 is 0 Å². The first-order valence-electron chi connectivity index (χ1n) is 10.6. The Kier molecular flexibility index (Phi) is 15.6. The minimum absolute atomic E-state index is 0.00809. The Balaban J connectivity index is 3.20. The molecule has 0 N–H and O–H groups in total. The van der Waals surface area contributed by atoms with Crippen LogP contribution in [0.25, 0.3) is 0 Å². The molecule has 0 aromatic carbocycles. The molecule has 0 fully saturated rings. The molecule has 0 saturated heterocycles. The summed E-state index contributed by atoms with van der Waals surface area (Å²) in [4.78, 5) is 11.6. The molecule has 0 aliphatic carbocycles. The number of carbonyl (C=O) groups is 1. The van der Waals surface area contributed by atoms with E-state index < -0.39 is 0 Å². The summed E-state index contributed by atoms with van der Waals surface area (Å²) in [6, 6.07) is 0. The van der Waals surface area contributed by atoms with Crippen molar-refractivity contribution in [3.05, 3.63) is 0 Å². The summed E-state index contributed by atoms with van der Waals surface area (Å²) in [5.41, 5.74) is 0.476. The van der Waals surface area contributed by atoms with Crippen molar-refractivity contribution in [2.75, 3.05) is 6.61 Å². The van der Waals surface area contributed by atoms with E-state index in [-0.39, 0.29) is 5.97 Å². The molecule has 0 aliphatic heterocycles. The number of esters is 1. The van der Waals surface area contributed by atoms with E-state index in [0.29, 0.717) is 18.4 Å². The predicted octanol–water partition coefficient (Wildman–Crippen LogP) is 7.45. The Morgan fingerprint density at radius 3 is 1.79 bits per heavy atom. The number of ether oxygens (including phenoxy) is 1. The van der Waals surface area contributed by atoms with Gasteiger partial charge in [0.2, 0.25) is 0 Å². The number of carbonyl (C=O) groups excluding carboxylic acids is 1. The molecule has 0 rings (SSSR count). The topological polar surface area (TPSA) is 26.3 Å². The van der Waals surface area contributed by atoms with Crippen LogP contribution in [0.3, 0.4) is 0 Å². The monoisotopic (exact) mass is 340 g/mol. The minimum atomic E-state index is 0.00809. The van der Waals surface area contributed by atoms with Gasteiger partial charge in [-0.3, -0.25) is 4.79 Å². The molecule has 24 heavy (non-hydrogen) atoms. The summed E-state index contributed by atoms with van der Waals surface area (Å²) in [6.45, 7) is 9.80. The second kappa shape index (κ2) is 16.0. The lowest BCUT2D eigenvalue weighted by molar-refractivity contribution is -0.143. The Hall–Kier alpha value is -0.530. The van der Waals surface area contributed by atoms with Crippen molar-refractivity contribution in [1.29, 1.82) is 0 Å². The van der Waals surface area contributed by atoms with Gasteiger partial charge in [-0.1, -0.05) is 98.3 Å². The molecule has 2 nitrogen and oxygen atoms in total. The summed E-state index contributed by atoms with van der Waals surface area (Å²) in [5, 5.41) is 0. The first-order chi connectivity index (χ1) is 11.5. The third-order valence-electron chi connectivity index (χ3n) is 4.57. The maximum atomic E-state index is 11.6. The summed E-state index contributed by atoms with van der Waals surface area (Å²) < 4.78 is 5.32. The van der Waals surface area contributed by atoms with Crippen molar-refractivity contribution in [3.63, 3.8) is 0 Å². The first-order valence-corrected chi connectivity index (χ1v) is 10.6. The molecular formula is C22H44O2. The van der Waals surface area contributed by atoms with Crippen molar-refractivity contribution < 1.29 is 9.53 Å². The lowest BCUT2D eigenvalue weighted by atomic mass is 9.89. The standard InChI is InChI=1S/C22H44O2/c1-5-6-7-8-9-12-15-18-21(23)24-20-17-14-11-10-13-16-19-22(2,3)4/h5-20H2,1-4H3. The summed E-state index contributed by atoms with van der Waals surface area (Å²) in [6.07, 6.45) is 18.2. The van der Waals surface area contributed by atoms with Gasteiger partial charge in [-0.25, -0.2) is 0 Å². The van der Waals surface area contributed by atoms with Crippen LogP contribution in [0, 0.1) is 5.41 Å². The van der Waals surface area contributed by atoms with Crippen LogP contribution >= 0.6 is 0 Å². The fourth-order valence-electron chi connectivity index (χ4n) is 2.95. The molecule has 144 valence electrons. The van der Waals surface area contributed by atoms with Crippen molar-refractivity contribution in [3.8, 4) is 0 Å². The van der Waals surface area contributed by atoms with Crippen LogP contribution in [0.4, 0.5) is 0 Å². The Morgan fingerprint density at radius 1 is 0.708 bits per heavy atom. The second-order valence-corrected chi connectivity index (χ2v) is 8.52. The van der Waals surface area contributed by atoms with E-state index in [1.807, 2.05) is 0 Å². The molecule has 0 saturated carbocycles. The zero-order valence-corrected chi connectivity index (χ0v) is 17.1. The van der Waals surface area contributed by atoms with Crippen LogP contribution in [0.15, 0.2) is 0 Å². The van der Waals surface area contributed by atoms with Gasteiger partial charge in [-0.05, 0) is 24.7 Å². The zero-order chi connectivity index (χ0) is 18.1. The average molecular weight is 341 g/mol. The Morgan fingerprint density at radius 2 is 1.21 bits per heavy atom. The number of hydrogen-bond donors (Lipinski definition) is 0. The molecule has 0 heterocycles. The highest BCUT2D eigenvalue weighted by molar-refractivity contribution is 5.69. The average Bonchev–Trinajstić information content (AvgIpc) is 2.51. The van der Waals surface area contributed by atoms with Crippen LogP contribution in [0.5, 0.6) is 0 Å². The van der Waals surface area contributed by atoms with Crippen LogP contribution < -0.4 is 0 Å². The third kappa shape index (κ3) is 19.5. The molecule has 0 aromatic heterocycles. The number of rotatable bonds is 16. The SMILES string of the molecule is CCCCCCCCCC(=O)OCCCCCCCCC(C)(C)C. The molecule has 0 amide bonds. The van der Waals surface area contributed by atoms with Gasteiger partial charge in [0, 0.05) is 6.42 Å². The van der Waals surface area contributed by atoms with Crippen LogP contribution in [0.2, 0.25) is 0 Å². The first kappa shape index (κ1) is 23.5. The quantitative estimate of drug-likeness (QED) is 0.215. The van der Waals surface area contributed by atoms with E-state index in [4.69, 9.17) is 4.74 Å². The molecular weight excluding hydrogens is 296 g/mol. The summed E-state index contributed by atoms with van der Waals surface area (Å²) in [7, 11) is 0. The maximum Gasteiger partial charge on any atom is 0.305 e. The molecule has 0 unspecified atom stereocenters. The lowest BCUT2D eigenvalue weighted by Gasteiger charge is -2.17. The van der Waals surface area contributed by atoms with Gasteiger partial charge in [0.1, 0.15) is 0 Å². The van der Waals surface area contributed by atoms with Crippen molar-refractivity contribution in [2.24, 2.45) is 5.41 Å². The van der Waals surface area contributed by atoms with E-state index in [1.165, 1.54) is 77.0 Å². The van der Waals surface area contributed by atoms with Crippen LogP contribution in [-0.2, 0) is 9.53 Å². The predicted molar refractivity (Wildman–Crippen MR) is 105 cm³/mol. The molecule has 0 bridgehead atoms. The maximum absolute atomic E-state index is 11.6. The normalized spacial score (nSPS) is 11.7. The van der Waals surface area contributed by atoms with Gasteiger partial charge < -0.3 is 4.74 Å². The van der Waals surface area contributed by atoms with Crippen LogP contribution in [-0.4, -0.2) is 12.6 Å². The number of unbranched alkanes of at least 4 members (excludes halogenated alkanes) is 11. The summed E-state index contributed by atoms with van der Waals surface area (Å²) >= 11 is 0. The fourth-order valence-corrected chi connectivity index (χ4v) is 2.95. The zero-order valence-electron chi connectivity index (χ0n) is 17.1. The van der Waals surface area contributed by atoms with E-state index in [9.17, 15) is 4.79 Å². The summed E-state index contributed by atoms with van der Waals surface area (Å²) in [5.74, 6) is 0.00809. The Bertz CT molecular complexity index is 278. The second-order valence-electron chi connectivity index (χ2n) is 8.52.